The van der Waals surface area contributed by atoms with Gasteiger partial charge in [0, 0.05) is 18.3 Å². The number of hydrogen-bond donors (Lipinski definition) is 1. The zero-order chi connectivity index (χ0) is 29.7. The lowest BCUT2D eigenvalue weighted by atomic mass is 9.82. The molecule has 0 aliphatic heterocycles. The topological polar surface area (TPSA) is 38.3 Å². The number of alkyl halides is 3. The van der Waals surface area contributed by atoms with Crippen molar-refractivity contribution < 1.29 is 31.5 Å². The summed E-state index contributed by atoms with van der Waals surface area (Å²) in [6.07, 6.45) is -3.63. The molecule has 0 spiro atoms. The van der Waals surface area contributed by atoms with Crippen molar-refractivity contribution in [2.24, 2.45) is 11.3 Å². The van der Waals surface area contributed by atoms with E-state index in [1.54, 1.807) is 30.3 Å². The molecular formula is C32H36F5NO2. The van der Waals surface area contributed by atoms with Crippen molar-refractivity contribution in [2.75, 3.05) is 19.0 Å². The van der Waals surface area contributed by atoms with Crippen LogP contribution in [-0.4, -0.2) is 19.6 Å². The van der Waals surface area contributed by atoms with Crippen LogP contribution < -0.4 is 5.32 Å². The van der Waals surface area contributed by atoms with Crippen molar-refractivity contribution in [1.29, 1.82) is 0 Å². The van der Waals surface area contributed by atoms with E-state index in [1.807, 2.05) is 27.7 Å². The van der Waals surface area contributed by atoms with Gasteiger partial charge in [-0.3, -0.25) is 4.79 Å². The highest BCUT2D eigenvalue weighted by Gasteiger charge is 2.40. The van der Waals surface area contributed by atoms with E-state index in [4.69, 9.17) is 4.74 Å². The van der Waals surface area contributed by atoms with Gasteiger partial charge in [-0.25, -0.2) is 8.78 Å². The van der Waals surface area contributed by atoms with Crippen LogP contribution in [0.5, 0.6) is 0 Å². The molecule has 0 aliphatic rings. The maximum atomic E-state index is 14.6. The molecule has 0 heterocycles. The molecule has 0 saturated carbocycles. The van der Waals surface area contributed by atoms with Gasteiger partial charge in [-0.15, -0.1) is 0 Å². The van der Waals surface area contributed by atoms with E-state index < -0.39 is 40.7 Å². The highest BCUT2D eigenvalue weighted by Crippen LogP contribution is 2.45. The summed E-state index contributed by atoms with van der Waals surface area (Å²) in [5.74, 6) is -3.15. The Morgan fingerprint density at radius 1 is 0.975 bits per heavy atom. The van der Waals surface area contributed by atoms with E-state index in [-0.39, 0.29) is 23.5 Å². The standard InChI is InChI=1S/C32H36F5NO2/c1-20(2)15-27(30(39)40-5)26-18-24(17-25(29(26)32(35,36)37)21-9-7-6-8-10-21)38-14-13-31(3,4)19-22-11-12-23(33)16-28(22)34/h6-12,16-18,20,27,38H,13-15,19H2,1-5H3. The Hall–Kier alpha value is -3.42. The first kappa shape index (κ1) is 31.1. The van der Waals surface area contributed by atoms with Gasteiger partial charge in [-0.2, -0.15) is 13.2 Å². The predicted octanol–water partition coefficient (Wildman–Crippen LogP) is 9.02. The lowest BCUT2D eigenvalue weighted by molar-refractivity contribution is -0.144. The molecule has 3 rings (SSSR count). The molecule has 0 aliphatic carbocycles. The number of benzene rings is 3. The summed E-state index contributed by atoms with van der Waals surface area (Å²) < 4.78 is 76.4. The zero-order valence-electron chi connectivity index (χ0n) is 23.5. The number of esters is 1. The number of ether oxygens (including phenoxy) is 1. The summed E-state index contributed by atoms with van der Waals surface area (Å²) in [5, 5.41) is 3.23. The van der Waals surface area contributed by atoms with Gasteiger partial charge in [-0.05, 0) is 71.0 Å². The zero-order valence-corrected chi connectivity index (χ0v) is 23.5. The van der Waals surface area contributed by atoms with Crippen LogP contribution >= 0.6 is 0 Å². The fourth-order valence-corrected chi connectivity index (χ4v) is 4.98. The SMILES string of the molecule is COC(=O)C(CC(C)C)c1cc(NCCC(C)(C)Cc2ccc(F)cc2F)cc(-c2ccccc2)c1C(F)(F)F. The van der Waals surface area contributed by atoms with Crippen molar-refractivity contribution in [3.8, 4) is 11.1 Å². The van der Waals surface area contributed by atoms with Crippen molar-refractivity contribution in [1.82, 2.24) is 0 Å². The summed E-state index contributed by atoms with van der Waals surface area (Å²) in [6.45, 7) is 7.95. The monoisotopic (exact) mass is 561 g/mol. The summed E-state index contributed by atoms with van der Waals surface area (Å²) in [7, 11) is 1.18. The van der Waals surface area contributed by atoms with E-state index in [0.717, 1.165) is 6.07 Å². The van der Waals surface area contributed by atoms with Crippen LogP contribution in [0.3, 0.4) is 0 Å². The summed E-state index contributed by atoms with van der Waals surface area (Å²) in [4.78, 5) is 12.8. The third-order valence-corrected chi connectivity index (χ3v) is 6.92. The second-order valence-corrected chi connectivity index (χ2v) is 11.3. The van der Waals surface area contributed by atoms with E-state index >= 15 is 0 Å². The average Bonchev–Trinajstić information content (AvgIpc) is 2.87. The minimum Gasteiger partial charge on any atom is -0.469 e. The number of carbonyl (C=O) groups excluding carboxylic acids is 1. The van der Waals surface area contributed by atoms with E-state index in [2.05, 4.69) is 5.32 Å². The summed E-state index contributed by atoms with van der Waals surface area (Å²) in [6, 6.07) is 14.6. The van der Waals surface area contributed by atoms with Crippen molar-refractivity contribution in [2.45, 2.75) is 59.1 Å². The van der Waals surface area contributed by atoms with E-state index in [9.17, 15) is 26.7 Å². The Morgan fingerprint density at radius 2 is 1.65 bits per heavy atom. The maximum Gasteiger partial charge on any atom is 0.417 e. The molecule has 3 aromatic carbocycles. The van der Waals surface area contributed by atoms with E-state index in [0.29, 0.717) is 36.2 Å². The van der Waals surface area contributed by atoms with Crippen molar-refractivity contribution >= 4 is 11.7 Å². The fraction of sp³-hybridized carbons (Fsp3) is 0.406. The van der Waals surface area contributed by atoms with Crippen LogP contribution in [0.15, 0.2) is 60.7 Å². The molecular weight excluding hydrogens is 525 g/mol. The number of carbonyl (C=O) groups is 1. The number of rotatable bonds is 11. The highest BCUT2D eigenvalue weighted by atomic mass is 19.4. The molecule has 0 radical (unpaired) electrons. The van der Waals surface area contributed by atoms with Crippen molar-refractivity contribution in [3.63, 3.8) is 0 Å². The molecule has 1 unspecified atom stereocenters. The number of nitrogens with one attached hydrogen (secondary N) is 1. The summed E-state index contributed by atoms with van der Waals surface area (Å²) >= 11 is 0. The molecule has 3 nitrogen and oxygen atoms in total. The normalized spacial score (nSPS) is 12.9. The minimum atomic E-state index is -4.72. The molecule has 8 heteroatoms. The van der Waals surface area contributed by atoms with Gasteiger partial charge in [0.15, 0.2) is 0 Å². The number of methoxy groups -OCH3 is 1. The van der Waals surface area contributed by atoms with Gasteiger partial charge in [0.05, 0.1) is 18.6 Å². The third kappa shape index (κ3) is 8.05. The van der Waals surface area contributed by atoms with Gasteiger partial charge in [0.1, 0.15) is 11.6 Å². The Bertz CT molecular complexity index is 1300. The second-order valence-electron chi connectivity index (χ2n) is 11.3. The quantitative estimate of drug-likeness (QED) is 0.188. The molecule has 40 heavy (non-hydrogen) atoms. The summed E-state index contributed by atoms with van der Waals surface area (Å²) in [5.41, 5.74) is -0.211. The molecule has 1 atom stereocenters. The van der Waals surface area contributed by atoms with Crippen LogP contribution in [0.1, 0.15) is 63.1 Å². The average molecular weight is 562 g/mol. The molecule has 0 fully saturated rings. The largest absolute Gasteiger partial charge is 0.469 e. The number of hydrogen-bond acceptors (Lipinski definition) is 3. The molecule has 3 aromatic rings. The lowest BCUT2D eigenvalue weighted by Gasteiger charge is -2.27. The highest BCUT2D eigenvalue weighted by molar-refractivity contribution is 5.83. The third-order valence-electron chi connectivity index (χ3n) is 6.92. The van der Waals surface area contributed by atoms with Gasteiger partial charge >= 0.3 is 12.1 Å². The minimum absolute atomic E-state index is 0.0293. The Balaban J connectivity index is 2.01. The molecule has 216 valence electrons. The second kappa shape index (κ2) is 12.8. The molecule has 1 N–H and O–H groups in total. The number of anilines is 1. The van der Waals surface area contributed by atoms with Crippen LogP contribution in [0.25, 0.3) is 11.1 Å². The Labute approximate surface area is 232 Å². The maximum absolute atomic E-state index is 14.6. The first-order valence-electron chi connectivity index (χ1n) is 13.3. The predicted molar refractivity (Wildman–Crippen MR) is 148 cm³/mol. The van der Waals surface area contributed by atoms with Crippen LogP contribution in [0, 0.1) is 23.0 Å². The molecule has 0 bridgehead atoms. The fourth-order valence-electron chi connectivity index (χ4n) is 4.98. The Kier molecular flexibility index (Phi) is 9.98. The van der Waals surface area contributed by atoms with Crippen LogP contribution in [0.2, 0.25) is 0 Å². The van der Waals surface area contributed by atoms with Crippen LogP contribution in [-0.2, 0) is 22.1 Å². The lowest BCUT2D eigenvalue weighted by Crippen LogP contribution is -2.23. The van der Waals surface area contributed by atoms with Gasteiger partial charge in [0.2, 0.25) is 0 Å². The van der Waals surface area contributed by atoms with Gasteiger partial charge < -0.3 is 10.1 Å². The number of halogens is 5. The van der Waals surface area contributed by atoms with Crippen molar-refractivity contribution in [3.05, 3.63) is 89.0 Å². The van der Waals surface area contributed by atoms with Gasteiger partial charge in [-0.1, -0.05) is 64.1 Å². The Morgan fingerprint density at radius 3 is 2.23 bits per heavy atom. The molecule has 0 saturated heterocycles. The molecule has 0 aromatic heterocycles. The van der Waals surface area contributed by atoms with Gasteiger partial charge in [0.25, 0.3) is 0 Å². The smallest absolute Gasteiger partial charge is 0.417 e. The first-order valence-corrected chi connectivity index (χ1v) is 13.3. The van der Waals surface area contributed by atoms with Crippen LogP contribution in [0.4, 0.5) is 27.6 Å². The molecule has 0 amide bonds. The van der Waals surface area contributed by atoms with E-state index in [1.165, 1.54) is 31.4 Å². The first-order chi connectivity index (χ1) is 18.7.